The monoisotopic (exact) mass is 388 g/mol. The van der Waals surface area contributed by atoms with E-state index in [9.17, 15) is 4.79 Å². The van der Waals surface area contributed by atoms with Crippen molar-refractivity contribution in [1.82, 2.24) is 15.3 Å². The normalized spacial score (nSPS) is 19.2. The Bertz CT molecular complexity index is 994. The van der Waals surface area contributed by atoms with E-state index in [1.165, 1.54) is 12.8 Å². The molecule has 29 heavy (non-hydrogen) atoms. The minimum atomic E-state index is 0.0417. The zero-order valence-corrected chi connectivity index (χ0v) is 17.1. The number of nitrogens with one attached hydrogen (secondary N) is 2. The first-order chi connectivity index (χ1) is 14.2. The number of fused-ring (bicyclic) bond motifs is 1. The molecule has 0 radical (unpaired) electrons. The number of carbonyl (C=O) groups excluding carboxylic acids is 1. The fourth-order valence-corrected chi connectivity index (χ4v) is 4.34. The molecule has 0 unspecified atom stereocenters. The van der Waals surface area contributed by atoms with E-state index in [0.717, 1.165) is 53.0 Å². The van der Waals surface area contributed by atoms with E-state index in [-0.39, 0.29) is 5.78 Å². The number of carbonyl (C=O) groups is 1. The quantitative estimate of drug-likeness (QED) is 0.600. The van der Waals surface area contributed by atoms with Gasteiger partial charge >= 0.3 is 0 Å². The van der Waals surface area contributed by atoms with E-state index in [1.807, 2.05) is 25.2 Å². The summed E-state index contributed by atoms with van der Waals surface area (Å²) in [6.07, 6.45) is 9.97. The van der Waals surface area contributed by atoms with Crippen LogP contribution in [-0.4, -0.2) is 35.4 Å². The Kier molecular flexibility index (Phi) is 5.86. The Morgan fingerprint density at radius 2 is 1.83 bits per heavy atom. The lowest BCUT2D eigenvalue weighted by atomic mass is 9.85. The molecule has 2 N–H and O–H groups in total. The average molecular weight is 389 g/mol. The van der Waals surface area contributed by atoms with Crippen LogP contribution in [0.3, 0.4) is 0 Å². The standard InChI is InChI=1S/C24H28N4O/c1-16(29)22-15-27-23-8-5-19(18-9-11-26-12-10-18)13-21(23)24(22)28-20-6-3-17(4-7-20)14-25-2/h5,8-13,15,17,20,25H,3-4,6-7,14H2,1-2H3,(H,27,28). The third-order valence-corrected chi connectivity index (χ3v) is 5.95. The summed E-state index contributed by atoms with van der Waals surface area (Å²) in [4.78, 5) is 21.0. The van der Waals surface area contributed by atoms with Crippen LogP contribution in [0.25, 0.3) is 22.0 Å². The lowest BCUT2D eigenvalue weighted by Gasteiger charge is -2.30. The third kappa shape index (κ3) is 4.30. The van der Waals surface area contributed by atoms with Gasteiger partial charge in [0.1, 0.15) is 0 Å². The molecule has 0 atom stereocenters. The van der Waals surface area contributed by atoms with Crippen molar-refractivity contribution in [2.75, 3.05) is 18.9 Å². The van der Waals surface area contributed by atoms with Crippen molar-refractivity contribution in [2.45, 2.75) is 38.6 Å². The van der Waals surface area contributed by atoms with E-state index in [1.54, 1.807) is 25.5 Å². The summed E-state index contributed by atoms with van der Waals surface area (Å²) in [7, 11) is 2.02. The van der Waals surface area contributed by atoms with Crippen molar-refractivity contribution in [2.24, 2.45) is 5.92 Å². The number of Topliss-reactive ketones (excluding diaryl/α,β-unsaturated/α-hetero) is 1. The maximum absolute atomic E-state index is 12.3. The van der Waals surface area contributed by atoms with Crippen molar-refractivity contribution in [3.63, 3.8) is 0 Å². The molecule has 0 spiro atoms. The molecule has 0 aliphatic heterocycles. The van der Waals surface area contributed by atoms with Gasteiger partial charge in [-0.1, -0.05) is 6.07 Å². The van der Waals surface area contributed by atoms with Crippen LogP contribution in [0.2, 0.25) is 0 Å². The first-order valence-electron chi connectivity index (χ1n) is 10.4. The highest BCUT2D eigenvalue weighted by atomic mass is 16.1. The van der Waals surface area contributed by atoms with E-state index in [4.69, 9.17) is 0 Å². The molecule has 0 bridgehead atoms. The van der Waals surface area contributed by atoms with E-state index < -0.39 is 0 Å². The van der Waals surface area contributed by atoms with Gasteiger partial charge in [0.2, 0.25) is 0 Å². The summed E-state index contributed by atoms with van der Waals surface area (Å²) in [6.45, 7) is 2.70. The number of nitrogens with zero attached hydrogens (tertiary/aromatic N) is 2. The van der Waals surface area contributed by atoms with Gasteiger partial charge in [-0.2, -0.15) is 0 Å². The molecule has 5 heteroatoms. The van der Waals surface area contributed by atoms with Crippen LogP contribution >= 0.6 is 0 Å². The molecule has 3 aromatic rings. The zero-order valence-electron chi connectivity index (χ0n) is 17.1. The average Bonchev–Trinajstić information content (AvgIpc) is 2.75. The minimum Gasteiger partial charge on any atom is -0.381 e. The second kappa shape index (κ2) is 8.70. The van der Waals surface area contributed by atoms with Gasteiger partial charge in [-0.25, -0.2) is 0 Å². The van der Waals surface area contributed by atoms with Crippen molar-refractivity contribution >= 4 is 22.4 Å². The lowest BCUT2D eigenvalue weighted by Crippen LogP contribution is -2.30. The maximum Gasteiger partial charge on any atom is 0.163 e. The highest BCUT2D eigenvalue weighted by molar-refractivity contribution is 6.07. The second-order valence-electron chi connectivity index (χ2n) is 7.99. The zero-order chi connectivity index (χ0) is 20.2. The molecule has 0 amide bonds. The Hall–Kier alpha value is -2.79. The highest BCUT2D eigenvalue weighted by Gasteiger charge is 2.23. The number of hydrogen-bond donors (Lipinski definition) is 2. The molecule has 1 fully saturated rings. The smallest absolute Gasteiger partial charge is 0.163 e. The Morgan fingerprint density at radius 3 is 2.52 bits per heavy atom. The van der Waals surface area contributed by atoms with Crippen LogP contribution < -0.4 is 10.6 Å². The Balaban J connectivity index is 1.70. The topological polar surface area (TPSA) is 66.9 Å². The van der Waals surface area contributed by atoms with Gasteiger partial charge in [-0.05, 0) is 87.5 Å². The minimum absolute atomic E-state index is 0.0417. The molecule has 150 valence electrons. The number of rotatable bonds is 6. The summed E-state index contributed by atoms with van der Waals surface area (Å²) in [5.41, 5.74) is 4.70. The van der Waals surface area contributed by atoms with Crippen LogP contribution in [-0.2, 0) is 0 Å². The van der Waals surface area contributed by atoms with Crippen molar-refractivity contribution in [1.29, 1.82) is 0 Å². The predicted molar refractivity (Wildman–Crippen MR) is 118 cm³/mol. The molecule has 1 aliphatic rings. The maximum atomic E-state index is 12.3. The number of ketones is 1. The summed E-state index contributed by atoms with van der Waals surface area (Å²) >= 11 is 0. The van der Waals surface area contributed by atoms with Gasteiger partial charge in [0.05, 0.1) is 16.8 Å². The van der Waals surface area contributed by atoms with Gasteiger partial charge in [0.25, 0.3) is 0 Å². The van der Waals surface area contributed by atoms with E-state index in [2.05, 4.69) is 32.7 Å². The van der Waals surface area contributed by atoms with Crippen LogP contribution in [0.1, 0.15) is 43.0 Å². The number of pyridine rings is 2. The summed E-state index contributed by atoms with van der Waals surface area (Å²) in [5, 5.41) is 8.02. The summed E-state index contributed by atoms with van der Waals surface area (Å²) in [5.74, 6) is 0.790. The van der Waals surface area contributed by atoms with Crippen LogP contribution in [0, 0.1) is 5.92 Å². The van der Waals surface area contributed by atoms with Gasteiger partial charge in [-0.15, -0.1) is 0 Å². The van der Waals surface area contributed by atoms with Crippen molar-refractivity contribution in [3.05, 3.63) is 54.5 Å². The highest BCUT2D eigenvalue weighted by Crippen LogP contribution is 2.33. The molecule has 1 saturated carbocycles. The largest absolute Gasteiger partial charge is 0.381 e. The molecule has 1 aromatic carbocycles. The summed E-state index contributed by atoms with van der Waals surface area (Å²) in [6, 6.07) is 10.6. The van der Waals surface area contributed by atoms with Crippen LogP contribution in [0.4, 0.5) is 5.69 Å². The van der Waals surface area contributed by atoms with Gasteiger partial charge in [0, 0.05) is 30.0 Å². The molecule has 2 aromatic heterocycles. The van der Waals surface area contributed by atoms with Crippen LogP contribution in [0.5, 0.6) is 0 Å². The fourth-order valence-electron chi connectivity index (χ4n) is 4.34. The predicted octanol–water partition coefficient (Wildman–Crippen LogP) is 4.69. The molecule has 0 saturated heterocycles. The first-order valence-corrected chi connectivity index (χ1v) is 10.4. The molecule has 1 aliphatic carbocycles. The summed E-state index contributed by atoms with van der Waals surface area (Å²) < 4.78 is 0. The number of anilines is 1. The Labute approximate surface area is 172 Å². The Morgan fingerprint density at radius 1 is 1.07 bits per heavy atom. The second-order valence-corrected chi connectivity index (χ2v) is 7.99. The SMILES string of the molecule is CNCC1CCC(Nc2c(C(C)=O)cnc3ccc(-c4ccncc4)cc23)CC1. The number of benzene rings is 1. The van der Waals surface area contributed by atoms with Crippen molar-refractivity contribution < 1.29 is 4.79 Å². The van der Waals surface area contributed by atoms with E-state index >= 15 is 0 Å². The molecule has 5 nitrogen and oxygen atoms in total. The van der Waals surface area contributed by atoms with E-state index in [0.29, 0.717) is 11.6 Å². The molecule has 2 heterocycles. The fraction of sp³-hybridized carbons (Fsp3) is 0.375. The first kappa shape index (κ1) is 19.5. The van der Waals surface area contributed by atoms with Crippen LogP contribution in [0.15, 0.2) is 48.9 Å². The third-order valence-electron chi connectivity index (χ3n) is 5.95. The van der Waals surface area contributed by atoms with Gasteiger partial charge < -0.3 is 10.6 Å². The molecular weight excluding hydrogens is 360 g/mol. The molecule has 4 rings (SSSR count). The lowest BCUT2D eigenvalue weighted by molar-refractivity contribution is 0.101. The number of hydrogen-bond acceptors (Lipinski definition) is 5. The van der Waals surface area contributed by atoms with Crippen molar-refractivity contribution in [3.8, 4) is 11.1 Å². The molecular formula is C24H28N4O. The van der Waals surface area contributed by atoms with Gasteiger partial charge in [0.15, 0.2) is 5.78 Å². The number of aromatic nitrogens is 2. The van der Waals surface area contributed by atoms with Gasteiger partial charge in [-0.3, -0.25) is 14.8 Å².